The van der Waals surface area contributed by atoms with E-state index in [2.05, 4.69) is 0 Å². The summed E-state index contributed by atoms with van der Waals surface area (Å²) >= 11 is 6.23. The third-order valence-electron chi connectivity index (χ3n) is 5.16. The predicted octanol–water partition coefficient (Wildman–Crippen LogP) is 2.90. The average Bonchev–Trinajstić information content (AvgIpc) is 2.86. The third kappa shape index (κ3) is 5.21. The number of likely N-dealkylation sites (tertiary alicyclic amines) is 1. The summed E-state index contributed by atoms with van der Waals surface area (Å²) < 4.78 is 5.83. The zero-order valence-corrected chi connectivity index (χ0v) is 15.9. The first-order valence-corrected chi connectivity index (χ1v) is 9.92. The molecule has 6 heteroatoms. The first kappa shape index (κ1) is 19.2. The van der Waals surface area contributed by atoms with Gasteiger partial charge >= 0.3 is 0 Å². The number of hydrogen-bond acceptors (Lipinski definition) is 3. The maximum atomic E-state index is 12.6. The molecule has 0 bridgehead atoms. The summed E-state index contributed by atoms with van der Waals surface area (Å²) in [5.74, 6) is 0.295. The van der Waals surface area contributed by atoms with E-state index < -0.39 is 0 Å². The van der Waals surface area contributed by atoms with Gasteiger partial charge in [-0.2, -0.15) is 0 Å². The normalized spacial score (nSPS) is 21.6. The van der Waals surface area contributed by atoms with Gasteiger partial charge in [0.15, 0.2) is 0 Å². The van der Waals surface area contributed by atoms with Crippen LogP contribution < -0.4 is 0 Å². The minimum Gasteiger partial charge on any atom is -0.374 e. The Morgan fingerprint density at radius 2 is 2.04 bits per heavy atom. The van der Waals surface area contributed by atoms with Gasteiger partial charge in [0.25, 0.3) is 0 Å². The molecule has 1 aromatic carbocycles. The zero-order chi connectivity index (χ0) is 18.4. The fraction of sp³-hybridized carbons (Fsp3) is 0.600. The molecule has 0 saturated carbocycles. The summed E-state index contributed by atoms with van der Waals surface area (Å²) in [6.07, 6.45) is 4.79. The lowest BCUT2D eigenvalue weighted by Crippen LogP contribution is -2.47. The lowest BCUT2D eigenvalue weighted by Gasteiger charge is -2.33. The van der Waals surface area contributed by atoms with Crippen LogP contribution in [0.15, 0.2) is 24.3 Å². The van der Waals surface area contributed by atoms with Crippen molar-refractivity contribution in [2.45, 2.75) is 44.6 Å². The molecule has 26 heavy (non-hydrogen) atoms. The topological polar surface area (TPSA) is 49.9 Å². The molecule has 0 spiro atoms. The van der Waals surface area contributed by atoms with Crippen molar-refractivity contribution in [3.8, 4) is 0 Å². The number of ether oxygens (including phenoxy) is 1. The van der Waals surface area contributed by atoms with Gasteiger partial charge in [-0.05, 0) is 24.5 Å². The van der Waals surface area contributed by atoms with Gasteiger partial charge in [0.05, 0.1) is 12.7 Å². The van der Waals surface area contributed by atoms with E-state index >= 15 is 0 Å². The fourth-order valence-electron chi connectivity index (χ4n) is 3.64. The number of halogens is 1. The second kappa shape index (κ2) is 9.38. The summed E-state index contributed by atoms with van der Waals surface area (Å²) in [4.78, 5) is 28.4. The van der Waals surface area contributed by atoms with Crippen molar-refractivity contribution in [1.82, 2.24) is 9.80 Å². The fourth-order valence-corrected chi connectivity index (χ4v) is 3.86. The Labute approximate surface area is 160 Å². The lowest BCUT2D eigenvalue weighted by atomic mass is 10.1. The maximum absolute atomic E-state index is 12.6. The molecule has 2 amide bonds. The molecule has 1 aromatic rings. The monoisotopic (exact) mass is 378 g/mol. The van der Waals surface area contributed by atoms with Crippen molar-refractivity contribution in [2.24, 2.45) is 0 Å². The Kier molecular flexibility index (Phi) is 6.92. The Bertz CT molecular complexity index is 637. The van der Waals surface area contributed by atoms with Gasteiger partial charge in [0, 0.05) is 50.5 Å². The number of hydrogen-bond donors (Lipinski definition) is 0. The second-order valence-corrected chi connectivity index (χ2v) is 7.48. The molecular weight excluding hydrogens is 352 g/mol. The highest BCUT2D eigenvalue weighted by molar-refractivity contribution is 6.31. The zero-order valence-electron chi connectivity index (χ0n) is 15.2. The molecule has 2 aliphatic heterocycles. The molecular formula is C20H27ClN2O3. The largest absolute Gasteiger partial charge is 0.374 e. The Balaban J connectivity index is 1.49. The van der Waals surface area contributed by atoms with E-state index in [1.165, 1.54) is 0 Å². The van der Waals surface area contributed by atoms with Gasteiger partial charge in [0.2, 0.25) is 11.8 Å². The minimum absolute atomic E-state index is 0.0348. The molecule has 0 N–H and O–H groups in total. The molecule has 0 aliphatic carbocycles. The van der Waals surface area contributed by atoms with E-state index in [-0.39, 0.29) is 17.9 Å². The van der Waals surface area contributed by atoms with Gasteiger partial charge in [0.1, 0.15) is 0 Å². The molecule has 0 radical (unpaired) electrons. The average molecular weight is 379 g/mol. The minimum atomic E-state index is -0.0348. The lowest BCUT2D eigenvalue weighted by molar-refractivity contribution is -0.140. The Hall–Kier alpha value is -1.59. The quantitative estimate of drug-likeness (QED) is 0.791. The molecule has 2 saturated heterocycles. The summed E-state index contributed by atoms with van der Waals surface area (Å²) in [5.41, 5.74) is 1.05. The van der Waals surface area contributed by atoms with Crippen LogP contribution in [0.5, 0.6) is 0 Å². The maximum Gasteiger partial charge on any atom is 0.224 e. The number of carbonyl (C=O) groups excluding carboxylic acids is 2. The number of amides is 2. The van der Waals surface area contributed by atoms with Gasteiger partial charge in [-0.3, -0.25) is 9.59 Å². The van der Waals surface area contributed by atoms with Crippen molar-refractivity contribution in [3.05, 3.63) is 34.9 Å². The third-order valence-corrected chi connectivity index (χ3v) is 5.53. The molecule has 5 nitrogen and oxygen atoms in total. The van der Waals surface area contributed by atoms with Crippen LogP contribution in [0.4, 0.5) is 0 Å². The van der Waals surface area contributed by atoms with Gasteiger partial charge in [-0.25, -0.2) is 0 Å². The van der Waals surface area contributed by atoms with E-state index in [1.807, 2.05) is 34.1 Å². The van der Waals surface area contributed by atoms with E-state index in [4.69, 9.17) is 16.3 Å². The molecule has 142 valence electrons. The van der Waals surface area contributed by atoms with Gasteiger partial charge < -0.3 is 14.5 Å². The van der Waals surface area contributed by atoms with Crippen LogP contribution in [-0.4, -0.2) is 60.5 Å². The Morgan fingerprint density at radius 1 is 1.19 bits per heavy atom. The van der Waals surface area contributed by atoms with Crippen LogP contribution >= 0.6 is 11.6 Å². The van der Waals surface area contributed by atoms with Crippen molar-refractivity contribution in [3.63, 3.8) is 0 Å². The van der Waals surface area contributed by atoms with Gasteiger partial charge in [-0.1, -0.05) is 36.2 Å². The van der Waals surface area contributed by atoms with Crippen LogP contribution in [-0.2, 0) is 20.7 Å². The van der Waals surface area contributed by atoms with Crippen LogP contribution in [0.2, 0.25) is 5.02 Å². The Morgan fingerprint density at radius 3 is 2.88 bits per heavy atom. The summed E-state index contributed by atoms with van der Waals surface area (Å²) in [5, 5.41) is 0.735. The number of rotatable bonds is 5. The molecule has 2 fully saturated rings. The number of nitrogens with zero attached hydrogens (tertiary/aromatic N) is 2. The molecule has 2 heterocycles. The number of benzene rings is 1. The van der Waals surface area contributed by atoms with Gasteiger partial charge in [-0.15, -0.1) is 0 Å². The van der Waals surface area contributed by atoms with E-state index in [1.54, 1.807) is 0 Å². The summed E-state index contributed by atoms with van der Waals surface area (Å²) in [6, 6.07) is 7.75. The number of morpholine rings is 1. The highest BCUT2D eigenvalue weighted by Crippen LogP contribution is 2.20. The van der Waals surface area contributed by atoms with Crippen molar-refractivity contribution < 1.29 is 14.3 Å². The van der Waals surface area contributed by atoms with Crippen molar-refractivity contribution in [2.75, 3.05) is 32.8 Å². The number of carbonyl (C=O) groups is 2. The highest BCUT2D eigenvalue weighted by Gasteiger charge is 2.26. The smallest absolute Gasteiger partial charge is 0.224 e. The molecule has 3 rings (SSSR count). The predicted molar refractivity (Wildman–Crippen MR) is 101 cm³/mol. The van der Waals surface area contributed by atoms with E-state index in [0.29, 0.717) is 45.5 Å². The van der Waals surface area contributed by atoms with Crippen LogP contribution in [0.1, 0.15) is 37.7 Å². The molecule has 1 atom stereocenters. The first-order chi connectivity index (χ1) is 12.6. The summed E-state index contributed by atoms with van der Waals surface area (Å²) in [7, 11) is 0. The van der Waals surface area contributed by atoms with E-state index in [0.717, 1.165) is 36.4 Å². The molecule has 0 unspecified atom stereocenters. The standard InChI is InChI=1S/C20H27ClN2O3/c21-18-7-4-3-6-16(18)14-17-15-23(12-13-26-17)20(25)9-11-22-10-5-1-2-8-19(22)24/h3-4,6-7,17H,1-2,5,8-15H2/t17-/m0/s1. The molecule has 0 aromatic heterocycles. The van der Waals surface area contributed by atoms with E-state index in [9.17, 15) is 9.59 Å². The SMILES string of the molecule is O=C1CCCCCN1CCC(=O)N1CCO[C@@H](Cc2ccccc2Cl)C1. The highest BCUT2D eigenvalue weighted by atomic mass is 35.5. The van der Waals surface area contributed by atoms with Crippen LogP contribution in [0.3, 0.4) is 0 Å². The van der Waals surface area contributed by atoms with Crippen LogP contribution in [0.25, 0.3) is 0 Å². The van der Waals surface area contributed by atoms with Crippen molar-refractivity contribution >= 4 is 23.4 Å². The van der Waals surface area contributed by atoms with Crippen LogP contribution in [0, 0.1) is 0 Å². The second-order valence-electron chi connectivity index (χ2n) is 7.07. The summed E-state index contributed by atoms with van der Waals surface area (Å²) in [6.45, 7) is 3.06. The van der Waals surface area contributed by atoms with Crippen molar-refractivity contribution in [1.29, 1.82) is 0 Å². The molecule has 2 aliphatic rings. The first-order valence-electron chi connectivity index (χ1n) is 9.54.